The summed E-state index contributed by atoms with van der Waals surface area (Å²) in [7, 11) is 0. The highest BCUT2D eigenvalue weighted by atomic mass is 16.6. The number of ether oxygens (including phenoxy) is 1. The minimum atomic E-state index is -0.473. The van der Waals surface area contributed by atoms with Crippen molar-refractivity contribution < 1.29 is 9.53 Å². The molecule has 1 heterocycles. The fourth-order valence-corrected chi connectivity index (χ4v) is 2.28. The van der Waals surface area contributed by atoms with Crippen molar-refractivity contribution in [3.63, 3.8) is 0 Å². The van der Waals surface area contributed by atoms with Gasteiger partial charge in [-0.15, -0.1) is 0 Å². The zero-order chi connectivity index (χ0) is 16.2. The maximum atomic E-state index is 12.0. The standard InChI is InChI=1S/C15H21N5O2/c1-15(2,3)22-14(21)20-9-8-13(10-20)17-11-4-6-12(7-5-11)18-19-16/h4-7,13,17H,8-10H2,1-3H3. The van der Waals surface area contributed by atoms with E-state index in [0.29, 0.717) is 18.8 Å². The van der Waals surface area contributed by atoms with Crippen LogP contribution in [0.4, 0.5) is 16.2 Å². The quantitative estimate of drug-likeness (QED) is 0.519. The second-order valence-corrected chi connectivity index (χ2v) is 6.29. The van der Waals surface area contributed by atoms with E-state index < -0.39 is 5.60 Å². The Morgan fingerprint density at radius 2 is 2.09 bits per heavy atom. The summed E-state index contributed by atoms with van der Waals surface area (Å²) in [5.41, 5.74) is 9.42. The molecule has 22 heavy (non-hydrogen) atoms. The Hall–Kier alpha value is -2.40. The second kappa shape index (κ2) is 6.58. The first-order valence-electron chi connectivity index (χ1n) is 7.27. The lowest BCUT2D eigenvalue weighted by atomic mass is 10.2. The summed E-state index contributed by atoms with van der Waals surface area (Å²) >= 11 is 0. The molecule has 1 aliphatic rings. The topological polar surface area (TPSA) is 90.3 Å². The van der Waals surface area contributed by atoms with Gasteiger partial charge in [0.2, 0.25) is 0 Å². The molecule has 0 saturated carbocycles. The number of carbonyl (C=O) groups excluding carboxylic acids is 1. The molecule has 7 heteroatoms. The van der Waals surface area contributed by atoms with Crippen LogP contribution in [0.5, 0.6) is 0 Å². The molecule has 1 saturated heterocycles. The van der Waals surface area contributed by atoms with Crippen LogP contribution in [0.3, 0.4) is 0 Å². The van der Waals surface area contributed by atoms with Crippen LogP contribution in [-0.2, 0) is 4.74 Å². The van der Waals surface area contributed by atoms with Gasteiger partial charge in [-0.1, -0.05) is 17.2 Å². The van der Waals surface area contributed by atoms with Crippen molar-refractivity contribution in [3.05, 3.63) is 34.7 Å². The third-order valence-electron chi connectivity index (χ3n) is 3.24. The Kier molecular flexibility index (Phi) is 4.78. The van der Waals surface area contributed by atoms with Gasteiger partial charge in [-0.2, -0.15) is 0 Å². The smallest absolute Gasteiger partial charge is 0.410 e. The Morgan fingerprint density at radius 3 is 2.68 bits per heavy atom. The highest BCUT2D eigenvalue weighted by Gasteiger charge is 2.29. The van der Waals surface area contributed by atoms with E-state index in [-0.39, 0.29) is 12.1 Å². The number of hydrogen-bond acceptors (Lipinski definition) is 4. The third kappa shape index (κ3) is 4.56. The normalized spacial score (nSPS) is 17.8. The summed E-state index contributed by atoms with van der Waals surface area (Å²) in [6.07, 6.45) is 0.604. The molecule has 1 unspecified atom stereocenters. The van der Waals surface area contributed by atoms with Crippen molar-refractivity contribution in [1.82, 2.24) is 4.90 Å². The number of amides is 1. The monoisotopic (exact) mass is 303 g/mol. The molecule has 1 aromatic carbocycles. The van der Waals surface area contributed by atoms with Crippen LogP contribution in [0, 0.1) is 0 Å². The summed E-state index contributed by atoms with van der Waals surface area (Å²) in [4.78, 5) is 16.5. The molecule has 1 aromatic rings. The zero-order valence-electron chi connectivity index (χ0n) is 13.1. The average Bonchev–Trinajstić information content (AvgIpc) is 2.88. The SMILES string of the molecule is CC(C)(C)OC(=O)N1CCC(Nc2ccc(N=[N+]=[N-])cc2)C1. The zero-order valence-corrected chi connectivity index (χ0v) is 13.1. The first-order chi connectivity index (χ1) is 10.4. The Bertz CT molecular complexity index is 573. The molecule has 1 N–H and O–H groups in total. The van der Waals surface area contributed by atoms with Gasteiger partial charge < -0.3 is 15.0 Å². The molecule has 1 aliphatic heterocycles. The van der Waals surface area contributed by atoms with Gasteiger partial charge in [0.1, 0.15) is 5.60 Å². The Balaban J connectivity index is 1.88. The fourth-order valence-electron chi connectivity index (χ4n) is 2.28. The van der Waals surface area contributed by atoms with Crippen molar-refractivity contribution in [3.8, 4) is 0 Å². The number of rotatable bonds is 3. The average molecular weight is 303 g/mol. The highest BCUT2D eigenvalue weighted by molar-refractivity contribution is 5.68. The molecular weight excluding hydrogens is 282 g/mol. The minimum absolute atomic E-state index is 0.192. The number of azide groups is 1. The van der Waals surface area contributed by atoms with Crippen molar-refractivity contribution in [2.45, 2.75) is 38.8 Å². The third-order valence-corrected chi connectivity index (χ3v) is 3.24. The van der Waals surface area contributed by atoms with Gasteiger partial charge in [0.15, 0.2) is 0 Å². The summed E-state index contributed by atoms with van der Waals surface area (Å²) in [5.74, 6) is 0. The summed E-state index contributed by atoms with van der Waals surface area (Å²) < 4.78 is 5.38. The first kappa shape index (κ1) is 16.0. The number of hydrogen-bond donors (Lipinski definition) is 1. The molecule has 118 valence electrons. The molecule has 2 rings (SSSR count). The van der Waals surface area contributed by atoms with E-state index in [0.717, 1.165) is 12.1 Å². The number of benzene rings is 1. The van der Waals surface area contributed by atoms with E-state index in [1.54, 1.807) is 17.0 Å². The van der Waals surface area contributed by atoms with Gasteiger partial charge in [0.05, 0.1) is 0 Å². The molecule has 7 nitrogen and oxygen atoms in total. The predicted molar refractivity (Wildman–Crippen MR) is 85.1 cm³/mol. The van der Waals surface area contributed by atoms with Gasteiger partial charge in [-0.25, -0.2) is 4.79 Å². The maximum absolute atomic E-state index is 12.0. The number of likely N-dealkylation sites (tertiary alicyclic amines) is 1. The van der Waals surface area contributed by atoms with Crippen LogP contribution in [0.1, 0.15) is 27.2 Å². The lowest BCUT2D eigenvalue weighted by Crippen LogP contribution is -2.36. The van der Waals surface area contributed by atoms with Gasteiger partial charge >= 0.3 is 6.09 Å². The van der Waals surface area contributed by atoms with Crippen LogP contribution < -0.4 is 5.32 Å². The van der Waals surface area contributed by atoms with E-state index in [4.69, 9.17) is 10.3 Å². The maximum Gasteiger partial charge on any atom is 0.410 e. The molecule has 1 atom stereocenters. The van der Waals surface area contributed by atoms with E-state index in [1.807, 2.05) is 32.9 Å². The number of anilines is 1. The van der Waals surface area contributed by atoms with E-state index in [1.165, 1.54) is 0 Å². The summed E-state index contributed by atoms with van der Waals surface area (Å²) in [6.45, 7) is 6.89. The Labute approximate surface area is 129 Å². The number of carbonyl (C=O) groups is 1. The second-order valence-electron chi connectivity index (χ2n) is 6.29. The van der Waals surface area contributed by atoms with Crippen molar-refractivity contribution in [1.29, 1.82) is 0 Å². The van der Waals surface area contributed by atoms with E-state index in [9.17, 15) is 4.79 Å². The number of nitrogens with one attached hydrogen (secondary N) is 1. The van der Waals surface area contributed by atoms with Crippen LogP contribution in [-0.4, -0.2) is 35.7 Å². The lowest BCUT2D eigenvalue weighted by Gasteiger charge is -2.24. The first-order valence-corrected chi connectivity index (χ1v) is 7.27. The molecule has 1 amide bonds. The van der Waals surface area contributed by atoms with Crippen LogP contribution in [0.25, 0.3) is 10.4 Å². The predicted octanol–water partition coefficient (Wildman–Crippen LogP) is 4.05. The summed E-state index contributed by atoms with van der Waals surface area (Å²) in [6, 6.07) is 7.42. The van der Waals surface area contributed by atoms with E-state index >= 15 is 0 Å². The molecular formula is C15H21N5O2. The lowest BCUT2D eigenvalue weighted by molar-refractivity contribution is 0.0293. The van der Waals surface area contributed by atoms with E-state index in [2.05, 4.69) is 15.3 Å². The Morgan fingerprint density at radius 1 is 1.41 bits per heavy atom. The molecule has 0 spiro atoms. The van der Waals surface area contributed by atoms with Gasteiger partial charge in [0, 0.05) is 35.4 Å². The number of nitrogens with zero attached hydrogens (tertiary/aromatic N) is 4. The summed E-state index contributed by atoms with van der Waals surface area (Å²) in [5, 5.41) is 6.91. The van der Waals surface area contributed by atoms with Crippen molar-refractivity contribution >= 4 is 17.5 Å². The largest absolute Gasteiger partial charge is 0.444 e. The molecule has 0 aromatic heterocycles. The molecule has 0 bridgehead atoms. The highest BCUT2D eigenvalue weighted by Crippen LogP contribution is 2.21. The van der Waals surface area contributed by atoms with Gasteiger partial charge in [-0.05, 0) is 44.9 Å². The van der Waals surface area contributed by atoms with Crippen molar-refractivity contribution in [2.24, 2.45) is 5.11 Å². The fraction of sp³-hybridized carbons (Fsp3) is 0.533. The van der Waals surface area contributed by atoms with Crippen LogP contribution in [0.2, 0.25) is 0 Å². The van der Waals surface area contributed by atoms with Crippen LogP contribution >= 0.6 is 0 Å². The minimum Gasteiger partial charge on any atom is -0.444 e. The molecule has 1 fully saturated rings. The van der Waals surface area contributed by atoms with Gasteiger partial charge in [0.25, 0.3) is 0 Å². The van der Waals surface area contributed by atoms with Crippen LogP contribution in [0.15, 0.2) is 29.4 Å². The molecule has 0 radical (unpaired) electrons. The van der Waals surface area contributed by atoms with Crippen molar-refractivity contribution in [2.75, 3.05) is 18.4 Å². The molecule has 0 aliphatic carbocycles. The van der Waals surface area contributed by atoms with Gasteiger partial charge in [-0.3, -0.25) is 0 Å².